The topological polar surface area (TPSA) is 95.1 Å². The van der Waals surface area contributed by atoms with Crippen LogP contribution in [-0.2, 0) is 20.9 Å². The fourth-order valence-corrected chi connectivity index (χ4v) is 3.36. The molecular weight excluding hydrogens is 436 g/mol. The number of carbonyl (C=O) groups is 2. The van der Waals surface area contributed by atoms with Gasteiger partial charge >= 0.3 is 12.0 Å². The molecular formula is C23H25ClN2O6. The van der Waals surface area contributed by atoms with Crippen LogP contribution in [0, 0.1) is 0 Å². The van der Waals surface area contributed by atoms with Crippen LogP contribution in [0.5, 0.6) is 11.5 Å². The van der Waals surface area contributed by atoms with Crippen LogP contribution < -0.4 is 20.1 Å². The number of ether oxygens (including phenoxy) is 4. The number of hydrogen-bond donors (Lipinski definition) is 2. The molecule has 2 aromatic carbocycles. The van der Waals surface area contributed by atoms with Crippen molar-refractivity contribution in [3.8, 4) is 11.5 Å². The molecule has 1 aliphatic rings. The highest BCUT2D eigenvalue weighted by atomic mass is 35.5. The zero-order valence-corrected chi connectivity index (χ0v) is 18.8. The normalized spacial score (nSPS) is 15.6. The molecule has 8 nitrogen and oxygen atoms in total. The lowest BCUT2D eigenvalue weighted by molar-refractivity contribution is -0.140. The molecule has 0 bridgehead atoms. The molecule has 0 saturated heterocycles. The van der Waals surface area contributed by atoms with Gasteiger partial charge in [0.05, 0.1) is 25.3 Å². The molecule has 0 aliphatic carbocycles. The van der Waals surface area contributed by atoms with E-state index in [9.17, 15) is 9.59 Å². The number of esters is 1. The lowest BCUT2D eigenvalue weighted by atomic mass is 9.95. The molecule has 9 heteroatoms. The van der Waals surface area contributed by atoms with E-state index in [0.717, 1.165) is 5.56 Å². The molecule has 2 amide bonds. The van der Waals surface area contributed by atoms with E-state index in [4.69, 9.17) is 30.5 Å². The van der Waals surface area contributed by atoms with Gasteiger partial charge in [0, 0.05) is 17.8 Å². The third-order valence-corrected chi connectivity index (χ3v) is 5.09. The zero-order chi connectivity index (χ0) is 23.1. The van der Waals surface area contributed by atoms with Gasteiger partial charge in [0.15, 0.2) is 11.5 Å². The van der Waals surface area contributed by atoms with Gasteiger partial charge in [-0.3, -0.25) is 0 Å². The molecule has 32 heavy (non-hydrogen) atoms. The highest BCUT2D eigenvalue weighted by molar-refractivity contribution is 6.30. The van der Waals surface area contributed by atoms with Crippen molar-refractivity contribution in [2.75, 3.05) is 27.4 Å². The first kappa shape index (κ1) is 23.4. The summed E-state index contributed by atoms with van der Waals surface area (Å²) in [6.45, 7) is 2.36. The van der Waals surface area contributed by atoms with Crippen LogP contribution in [0.1, 0.15) is 24.1 Å². The largest absolute Gasteiger partial charge is 0.493 e. The second-order valence-electron chi connectivity index (χ2n) is 7.02. The molecule has 0 spiro atoms. The first-order chi connectivity index (χ1) is 15.4. The Kier molecular flexibility index (Phi) is 7.97. The first-order valence-corrected chi connectivity index (χ1v) is 10.3. The molecule has 0 aromatic heterocycles. The number of rotatable bonds is 9. The van der Waals surface area contributed by atoms with E-state index in [0.29, 0.717) is 40.0 Å². The maximum Gasteiger partial charge on any atom is 0.338 e. The van der Waals surface area contributed by atoms with Crippen molar-refractivity contribution in [1.82, 2.24) is 10.6 Å². The molecule has 0 unspecified atom stereocenters. The Hall–Kier alpha value is -3.23. The van der Waals surface area contributed by atoms with Crippen LogP contribution >= 0.6 is 11.6 Å². The van der Waals surface area contributed by atoms with Gasteiger partial charge < -0.3 is 29.6 Å². The third kappa shape index (κ3) is 5.72. The smallest absolute Gasteiger partial charge is 0.338 e. The molecule has 170 valence electrons. The highest BCUT2D eigenvalue weighted by Gasteiger charge is 2.32. The van der Waals surface area contributed by atoms with E-state index in [1.165, 1.54) is 14.2 Å². The van der Waals surface area contributed by atoms with Crippen molar-refractivity contribution in [3.63, 3.8) is 0 Å². The Balaban J connectivity index is 1.83. The highest BCUT2D eigenvalue weighted by Crippen LogP contribution is 2.35. The van der Waals surface area contributed by atoms with E-state index < -0.39 is 18.0 Å². The second kappa shape index (κ2) is 10.9. The minimum absolute atomic E-state index is 0.105. The van der Waals surface area contributed by atoms with E-state index in [2.05, 4.69) is 10.6 Å². The van der Waals surface area contributed by atoms with E-state index in [-0.39, 0.29) is 13.2 Å². The molecule has 0 fully saturated rings. The SMILES string of the molecule is COCCOC(=O)C1=C(C)NC(=O)N[C@H]1c1ccc(OCc2ccc(Cl)cc2)c(OC)c1. The fourth-order valence-electron chi connectivity index (χ4n) is 3.23. The molecule has 2 N–H and O–H groups in total. The van der Waals surface area contributed by atoms with Crippen LogP contribution in [-0.4, -0.2) is 39.4 Å². The van der Waals surface area contributed by atoms with Crippen molar-refractivity contribution >= 4 is 23.6 Å². The molecule has 2 aromatic rings. The lowest BCUT2D eigenvalue weighted by Crippen LogP contribution is -2.45. The van der Waals surface area contributed by atoms with Crippen molar-refractivity contribution in [3.05, 3.63) is 69.9 Å². The van der Waals surface area contributed by atoms with Crippen LogP contribution in [0.2, 0.25) is 5.02 Å². The Labute approximate surface area is 191 Å². The summed E-state index contributed by atoms with van der Waals surface area (Å²) in [6, 6.07) is 11.5. The summed E-state index contributed by atoms with van der Waals surface area (Å²) >= 11 is 5.92. The van der Waals surface area contributed by atoms with Gasteiger partial charge in [-0.1, -0.05) is 29.8 Å². The predicted octanol–water partition coefficient (Wildman–Crippen LogP) is 3.75. The minimum atomic E-state index is -0.710. The molecule has 1 aliphatic heterocycles. The number of benzene rings is 2. The van der Waals surface area contributed by atoms with Crippen molar-refractivity contribution in [1.29, 1.82) is 0 Å². The Morgan fingerprint density at radius 2 is 1.81 bits per heavy atom. The number of methoxy groups -OCH3 is 2. The monoisotopic (exact) mass is 460 g/mol. The van der Waals surface area contributed by atoms with Gasteiger partial charge in [-0.2, -0.15) is 0 Å². The van der Waals surface area contributed by atoms with Gasteiger partial charge in [-0.25, -0.2) is 9.59 Å². The summed E-state index contributed by atoms with van der Waals surface area (Å²) in [5, 5.41) is 6.04. The van der Waals surface area contributed by atoms with Crippen molar-refractivity contribution in [2.24, 2.45) is 0 Å². The summed E-state index contributed by atoms with van der Waals surface area (Å²) in [4.78, 5) is 24.8. The first-order valence-electron chi connectivity index (χ1n) is 9.92. The summed E-state index contributed by atoms with van der Waals surface area (Å²) < 4.78 is 21.6. The molecule has 1 atom stereocenters. The quantitative estimate of drug-likeness (QED) is 0.437. The van der Waals surface area contributed by atoms with Crippen LogP contribution in [0.25, 0.3) is 0 Å². The zero-order valence-electron chi connectivity index (χ0n) is 18.1. The number of urea groups is 1. The fraction of sp³-hybridized carbons (Fsp3) is 0.304. The van der Waals surface area contributed by atoms with Crippen LogP contribution in [0.3, 0.4) is 0 Å². The number of allylic oxidation sites excluding steroid dienone is 1. The Morgan fingerprint density at radius 3 is 2.50 bits per heavy atom. The maximum atomic E-state index is 12.7. The van der Waals surface area contributed by atoms with Crippen LogP contribution in [0.4, 0.5) is 4.79 Å². The predicted molar refractivity (Wildman–Crippen MR) is 119 cm³/mol. The van der Waals surface area contributed by atoms with Crippen LogP contribution in [0.15, 0.2) is 53.7 Å². The summed E-state index contributed by atoms with van der Waals surface area (Å²) in [6.07, 6.45) is 0. The Morgan fingerprint density at radius 1 is 1.06 bits per heavy atom. The average Bonchev–Trinajstić information content (AvgIpc) is 2.78. The summed E-state index contributed by atoms with van der Waals surface area (Å²) in [5.74, 6) is 0.449. The van der Waals surface area contributed by atoms with E-state index in [1.807, 2.05) is 12.1 Å². The van der Waals surface area contributed by atoms with Gasteiger partial charge in [0.25, 0.3) is 0 Å². The molecule has 3 rings (SSSR count). The Bertz CT molecular complexity index is 1010. The van der Waals surface area contributed by atoms with Crippen molar-refractivity contribution < 1.29 is 28.5 Å². The standard InChI is InChI=1S/C23H25ClN2O6/c1-14-20(22(27)31-11-10-29-2)21(26-23(28)25-14)16-6-9-18(19(12-16)30-3)32-13-15-4-7-17(24)8-5-15/h4-9,12,21H,10-11,13H2,1-3H3,(H2,25,26,28)/t21-/m0/s1. The lowest BCUT2D eigenvalue weighted by Gasteiger charge is -2.28. The molecule has 0 saturated carbocycles. The van der Waals surface area contributed by atoms with Gasteiger partial charge in [0.2, 0.25) is 0 Å². The molecule has 0 radical (unpaired) electrons. The number of hydrogen-bond acceptors (Lipinski definition) is 6. The van der Waals surface area contributed by atoms with Crippen molar-refractivity contribution in [2.45, 2.75) is 19.6 Å². The summed E-state index contributed by atoms with van der Waals surface area (Å²) in [5.41, 5.74) is 2.32. The second-order valence-corrected chi connectivity index (χ2v) is 7.46. The van der Waals surface area contributed by atoms with Gasteiger partial charge in [-0.05, 0) is 42.3 Å². The number of amides is 2. The third-order valence-electron chi connectivity index (χ3n) is 4.84. The van der Waals surface area contributed by atoms with E-state index >= 15 is 0 Å². The maximum absolute atomic E-state index is 12.7. The number of carbonyl (C=O) groups excluding carboxylic acids is 2. The molecule has 1 heterocycles. The number of nitrogens with one attached hydrogen (secondary N) is 2. The van der Waals surface area contributed by atoms with E-state index in [1.54, 1.807) is 37.3 Å². The van der Waals surface area contributed by atoms with Gasteiger partial charge in [-0.15, -0.1) is 0 Å². The average molecular weight is 461 g/mol. The summed E-state index contributed by atoms with van der Waals surface area (Å²) in [7, 11) is 3.04. The van der Waals surface area contributed by atoms with Gasteiger partial charge in [0.1, 0.15) is 13.2 Å². The minimum Gasteiger partial charge on any atom is -0.493 e. The number of halogens is 1.